The Bertz CT molecular complexity index is 542. The highest BCUT2D eigenvalue weighted by Gasteiger charge is 2.13. The summed E-state index contributed by atoms with van der Waals surface area (Å²) in [5.74, 6) is 1.97. The third kappa shape index (κ3) is 1.48. The number of rotatable bonds is 1. The van der Waals surface area contributed by atoms with Gasteiger partial charge in [-0.3, -0.25) is 4.98 Å². The van der Waals surface area contributed by atoms with Crippen LogP contribution in [0, 0.1) is 0 Å². The van der Waals surface area contributed by atoms with Gasteiger partial charge in [0.25, 0.3) is 0 Å². The van der Waals surface area contributed by atoms with Crippen molar-refractivity contribution in [2.45, 2.75) is 5.88 Å². The Balaban J connectivity index is 2.27. The summed E-state index contributed by atoms with van der Waals surface area (Å²) in [6.07, 6.45) is 1.76. The molecule has 0 aliphatic carbocycles. The minimum atomic E-state index is 0.400. The van der Waals surface area contributed by atoms with Crippen LogP contribution >= 0.6 is 11.6 Å². The van der Waals surface area contributed by atoms with Gasteiger partial charge in [0, 0.05) is 11.6 Å². The van der Waals surface area contributed by atoms with Gasteiger partial charge in [0.2, 0.25) is 0 Å². The predicted octanol–water partition coefficient (Wildman–Crippen LogP) is 2.74. The quantitative estimate of drug-likeness (QED) is 0.713. The number of aromatic nitrogens is 1. The van der Waals surface area contributed by atoms with Crippen LogP contribution in [0.1, 0.15) is 5.69 Å². The number of halogens is 1. The Kier molecular flexibility index (Phi) is 2.33. The van der Waals surface area contributed by atoms with E-state index in [-0.39, 0.29) is 0 Å². The zero-order chi connectivity index (χ0) is 11.0. The largest absolute Gasteiger partial charge is 0.486 e. The second-order valence-corrected chi connectivity index (χ2v) is 3.88. The summed E-state index contributed by atoms with van der Waals surface area (Å²) in [7, 11) is 0. The number of fused-ring (bicyclic) bond motifs is 2. The first-order valence-electron chi connectivity index (χ1n) is 5.11. The molecule has 0 unspecified atom stereocenters. The molecule has 0 bridgehead atoms. The van der Waals surface area contributed by atoms with Gasteiger partial charge in [-0.25, -0.2) is 0 Å². The molecule has 0 radical (unpaired) electrons. The summed E-state index contributed by atoms with van der Waals surface area (Å²) in [4.78, 5) is 4.25. The molecule has 0 atom stereocenters. The fraction of sp³-hybridized carbons (Fsp3) is 0.250. The molecule has 1 aromatic heterocycles. The lowest BCUT2D eigenvalue weighted by atomic mass is 10.1. The highest BCUT2D eigenvalue weighted by atomic mass is 35.5. The van der Waals surface area contributed by atoms with Crippen molar-refractivity contribution in [3.8, 4) is 11.5 Å². The van der Waals surface area contributed by atoms with E-state index in [2.05, 4.69) is 4.98 Å². The van der Waals surface area contributed by atoms with Crippen LogP contribution in [0.15, 0.2) is 24.4 Å². The minimum absolute atomic E-state index is 0.400. The molecule has 0 saturated heterocycles. The van der Waals surface area contributed by atoms with Crippen LogP contribution in [0.25, 0.3) is 10.8 Å². The smallest absolute Gasteiger partial charge is 0.162 e. The van der Waals surface area contributed by atoms with Crippen molar-refractivity contribution in [2.24, 2.45) is 0 Å². The van der Waals surface area contributed by atoms with E-state index in [0.717, 1.165) is 28.0 Å². The summed E-state index contributed by atoms with van der Waals surface area (Å²) in [6, 6.07) is 5.87. The molecular weight excluding hydrogens is 226 g/mol. The van der Waals surface area contributed by atoms with Gasteiger partial charge in [-0.2, -0.15) is 0 Å². The molecule has 16 heavy (non-hydrogen) atoms. The van der Waals surface area contributed by atoms with E-state index < -0.39 is 0 Å². The van der Waals surface area contributed by atoms with Crippen LogP contribution in [-0.2, 0) is 5.88 Å². The van der Waals surface area contributed by atoms with E-state index >= 15 is 0 Å². The van der Waals surface area contributed by atoms with Crippen LogP contribution in [0.5, 0.6) is 11.5 Å². The average Bonchev–Trinajstić information content (AvgIpc) is 2.35. The van der Waals surface area contributed by atoms with Crippen LogP contribution in [-0.4, -0.2) is 18.2 Å². The van der Waals surface area contributed by atoms with Crippen LogP contribution < -0.4 is 9.47 Å². The molecule has 4 heteroatoms. The van der Waals surface area contributed by atoms with Crippen molar-refractivity contribution < 1.29 is 9.47 Å². The van der Waals surface area contributed by atoms with Gasteiger partial charge in [0.05, 0.1) is 11.6 Å². The summed E-state index contributed by atoms with van der Waals surface area (Å²) in [6.45, 7) is 1.20. The van der Waals surface area contributed by atoms with Gasteiger partial charge < -0.3 is 9.47 Å². The third-order valence-electron chi connectivity index (χ3n) is 2.64. The van der Waals surface area contributed by atoms with E-state index in [1.165, 1.54) is 0 Å². The fourth-order valence-electron chi connectivity index (χ4n) is 1.88. The predicted molar refractivity (Wildman–Crippen MR) is 62.3 cm³/mol. The topological polar surface area (TPSA) is 31.4 Å². The molecule has 2 heterocycles. The zero-order valence-corrected chi connectivity index (χ0v) is 9.33. The number of nitrogens with zero attached hydrogens (tertiary/aromatic N) is 1. The summed E-state index contributed by atoms with van der Waals surface area (Å²) < 4.78 is 11.1. The van der Waals surface area contributed by atoms with Gasteiger partial charge in [-0.1, -0.05) is 0 Å². The van der Waals surface area contributed by atoms with Crippen molar-refractivity contribution in [1.29, 1.82) is 0 Å². The monoisotopic (exact) mass is 235 g/mol. The number of hydrogen-bond donors (Lipinski definition) is 0. The molecule has 0 spiro atoms. The average molecular weight is 236 g/mol. The SMILES string of the molecule is ClCc1nccc2cc3c(cc12)OCCO3. The first kappa shape index (κ1) is 9.73. The molecule has 0 N–H and O–H groups in total. The number of benzene rings is 1. The lowest BCUT2D eigenvalue weighted by Gasteiger charge is -2.19. The Morgan fingerprint density at radius 3 is 2.69 bits per heavy atom. The highest BCUT2D eigenvalue weighted by molar-refractivity contribution is 6.17. The van der Waals surface area contributed by atoms with Gasteiger partial charge in [0.1, 0.15) is 13.2 Å². The van der Waals surface area contributed by atoms with E-state index in [1.807, 2.05) is 18.2 Å². The Labute approximate surface area is 98.0 Å². The second kappa shape index (κ2) is 3.83. The molecule has 0 saturated carbocycles. The van der Waals surface area contributed by atoms with Crippen molar-refractivity contribution in [3.05, 3.63) is 30.1 Å². The third-order valence-corrected chi connectivity index (χ3v) is 2.89. The van der Waals surface area contributed by atoms with Crippen molar-refractivity contribution in [3.63, 3.8) is 0 Å². The van der Waals surface area contributed by atoms with E-state index in [9.17, 15) is 0 Å². The maximum Gasteiger partial charge on any atom is 0.162 e. The van der Waals surface area contributed by atoms with E-state index in [0.29, 0.717) is 19.1 Å². The molecule has 82 valence electrons. The van der Waals surface area contributed by atoms with Crippen LogP contribution in [0.4, 0.5) is 0 Å². The van der Waals surface area contributed by atoms with Crippen molar-refractivity contribution in [2.75, 3.05) is 13.2 Å². The van der Waals surface area contributed by atoms with Crippen molar-refractivity contribution >= 4 is 22.4 Å². The van der Waals surface area contributed by atoms with E-state index in [4.69, 9.17) is 21.1 Å². The molecule has 2 aromatic rings. The lowest BCUT2D eigenvalue weighted by molar-refractivity contribution is 0.172. The number of hydrogen-bond acceptors (Lipinski definition) is 3. The minimum Gasteiger partial charge on any atom is -0.486 e. The van der Waals surface area contributed by atoms with Gasteiger partial charge >= 0.3 is 0 Å². The first-order chi connectivity index (χ1) is 7.88. The van der Waals surface area contributed by atoms with E-state index in [1.54, 1.807) is 6.20 Å². The lowest BCUT2D eigenvalue weighted by Crippen LogP contribution is -2.15. The van der Waals surface area contributed by atoms with Crippen molar-refractivity contribution in [1.82, 2.24) is 4.98 Å². The first-order valence-corrected chi connectivity index (χ1v) is 5.65. The number of ether oxygens (including phenoxy) is 2. The van der Waals surface area contributed by atoms with Crippen LogP contribution in [0.3, 0.4) is 0 Å². The molecule has 3 nitrogen and oxygen atoms in total. The molecule has 1 aromatic carbocycles. The maximum atomic E-state index is 5.85. The molecule has 3 rings (SSSR count). The Morgan fingerprint density at radius 2 is 1.94 bits per heavy atom. The standard InChI is InChI=1S/C12H10ClNO2/c13-7-10-9-6-12-11(15-3-4-16-12)5-8(9)1-2-14-10/h1-2,5-6H,3-4,7H2. The normalized spacial score (nSPS) is 14.1. The molecule has 0 fully saturated rings. The molecule has 1 aliphatic rings. The zero-order valence-electron chi connectivity index (χ0n) is 8.57. The fourth-order valence-corrected chi connectivity index (χ4v) is 2.09. The second-order valence-electron chi connectivity index (χ2n) is 3.61. The summed E-state index contributed by atoms with van der Waals surface area (Å²) in [5, 5.41) is 2.11. The molecule has 0 amide bonds. The van der Waals surface area contributed by atoms with Gasteiger partial charge in [0.15, 0.2) is 11.5 Å². The summed E-state index contributed by atoms with van der Waals surface area (Å²) >= 11 is 5.85. The molecular formula is C12H10ClNO2. The molecule has 1 aliphatic heterocycles. The number of pyridine rings is 1. The van der Waals surface area contributed by atoms with Crippen LogP contribution in [0.2, 0.25) is 0 Å². The number of alkyl halides is 1. The Hall–Kier alpha value is -1.48. The maximum absolute atomic E-state index is 5.85. The highest BCUT2D eigenvalue weighted by Crippen LogP contribution is 2.35. The summed E-state index contributed by atoms with van der Waals surface area (Å²) in [5.41, 5.74) is 0.871. The van der Waals surface area contributed by atoms with Gasteiger partial charge in [-0.05, 0) is 23.6 Å². The Morgan fingerprint density at radius 1 is 1.19 bits per heavy atom. The van der Waals surface area contributed by atoms with Gasteiger partial charge in [-0.15, -0.1) is 11.6 Å².